The van der Waals surface area contributed by atoms with Crippen molar-refractivity contribution in [1.82, 2.24) is 15.2 Å². The van der Waals surface area contributed by atoms with Crippen LogP contribution in [-0.4, -0.2) is 42.2 Å². The van der Waals surface area contributed by atoms with Gasteiger partial charge in [-0.05, 0) is 42.7 Å². The number of carbonyl (C=O) groups excluding carboxylic acids is 1. The minimum Gasteiger partial charge on any atom is -0.496 e. The van der Waals surface area contributed by atoms with Gasteiger partial charge in [0.15, 0.2) is 0 Å². The lowest BCUT2D eigenvalue weighted by Gasteiger charge is -2.32. The van der Waals surface area contributed by atoms with Crippen LogP contribution in [0.25, 0.3) is 11.1 Å². The molecular weight excluding hydrogens is 335 g/mol. The Morgan fingerprint density at radius 2 is 2.12 bits per heavy atom. The molecule has 6 nitrogen and oxygen atoms in total. The molecule has 0 radical (unpaired) electrons. The molecule has 1 saturated heterocycles. The summed E-state index contributed by atoms with van der Waals surface area (Å²) in [6, 6.07) is 6.14. The van der Waals surface area contributed by atoms with Crippen molar-refractivity contribution >= 4 is 6.03 Å². The van der Waals surface area contributed by atoms with Crippen molar-refractivity contribution in [1.29, 1.82) is 0 Å². The Morgan fingerprint density at radius 3 is 2.81 bits per heavy atom. The molecule has 2 aromatic rings. The standard InChI is InChI=1S/C19H23FN4O2/c1-26-18-3-2-15(20)9-17(18)14-8-13(10-22-11-14)12-24-6-4-16(5-7-24)23-19(21)25/h2-3,8-11,16H,4-7,12H2,1H3,(H3,21,23,25). The Labute approximate surface area is 152 Å². The summed E-state index contributed by atoms with van der Waals surface area (Å²) in [5.41, 5.74) is 7.74. The van der Waals surface area contributed by atoms with Crippen molar-refractivity contribution in [3.05, 3.63) is 48.0 Å². The summed E-state index contributed by atoms with van der Waals surface area (Å²) in [6.07, 6.45) is 5.27. The molecule has 1 aromatic heterocycles. The average molecular weight is 358 g/mol. The van der Waals surface area contributed by atoms with Gasteiger partial charge in [-0.2, -0.15) is 0 Å². The lowest BCUT2D eigenvalue weighted by molar-refractivity contribution is 0.189. The fraction of sp³-hybridized carbons (Fsp3) is 0.368. The number of methoxy groups -OCH3 is 1. The predicted molar refractivity (Wildman–Crippen MR) is 97.2 cm³/mol. The molecule has 1 fully saturated rings. The topological polar surface area (TPSA) is 80.5 Å². The number of hydrogen-bond donors (Lipinski definition) is 2. The van der Waals surface area contributed by atoms with Crippen LogP contribution in [0.1, 0.15) is 18.4 Å². The van der Waals surface area contributed by atoms with Crippen molar-refractivity contribution in [3.8, 4) is 16.9 Å². The number of hydrogen-bond acceptors (Lipinski definition) is 4. The van der Waals surface area contributed by atoms with E-state index in [-0.39, 0.29) is 11.9 Å². The second-order valence-electron chi connectivity index (χ2n) is 6.49. The molecule has 7 heteroatoms. The molecule has 0 spiro atoms. The second kappa shape index (κ2) is 8.14. The summed E-state index contributed by atoms with van der Waals surface area (Å²) in [7, 11) is 1.57. The lowest BCUT2D eigenvalue weighted by Crippen LogP contribution is -2.46. The van der Waals surface area contributed by atoms with Gasteiger partial charge >= 0.3 is 6.03 Å². The molecular formula is C19H23FN4O2. The molecule has 1 aromatic carbocycles. The fourth-order valence-corrected chi connectivity index (χ4v) is 3.32. The highest BCUT2D eigenvalue weighted by atomic mass is 19.1. The number of ether oxygens (including phenoxy) is 1. The van der Waals surface area contributed by atoms with Crippen LogP contribution in [0, 0.1) is 5.82 Å². The monoisotopic (exact) mass is 358 g/mol. The number of carbonyl (C=O) groups is 1. The predicted octanol–water partition coefficient (Wildman–Crippen LogP) is 2.53. The summed E-state index contributed by atoms with van der Waals surface area (Å²) in [5.74, 6) is 0.305. The van der Waals surface area contributed by atoms with E-state index in [1.807, 2.05) is 12.3 Å². The Bertz CT molecular complexity index is 776. The van der Waals surface area contributed by atoms with Crippen LogP contribution in [0.2, 0.25) is 0 Å². The van der Waals surface area contributed by atoms with Gasteiger partial charge < -0.3 is 15.8 Å². The van der Waals surface area contributed by atoms with E-state index in [9.17, 15) is 9.18 Å². The van der Waals surface area contributed by atoms with Gasteiger partial charge in [0.1, 0.15) is 11.6 Å². The van der Waals surface area contributed by atoms with E-state index in [1.54, 1.807) is 19.4 Å². The second-order valence-corrected chi connectivity index (χ2v) is 6.49. The number of halogens is 1. The number of piperidine rings is 1. The Morgan fingerprint density at radius 1 is 1.35 bits per heavy atom. The van der Waals surface area contributed by atoms with Gasteiger partial charge in [-0.15, -0.1) is 0 Å². The maximum atomic E-state index is 13.6. The van der Waals surface area contributed by atoms with Gasteiger partial charge in [-0.1, -0.05) is 0 Å². The zero-order valence-corrected chi connectivity index (χ0v) is 14.7. The minimum atomic E-state index is -0.468. The summed E-state index contributed by atoms with van der Waals surface area (Å²) < 4.78 is 19.0. The number of nitrogens with one attached hydrogen (secondary N) is 1. The molecule has 1 aliphatic rings. The summed E-state index contributed by atoms with van der Waals surface area (Å²) in [6.45, 7) is 2.50. The SMILES string of the molecule is COc1ccc(F)cc1-c1cncc(CN2CCC(NC(N)=O)CC2)c1. The molecule has 3 N–H and O–H groups in total. The van der Waals surface area contributed by atoms with E-state index in [4.69, 9.17) is 10.5 Å². The summed E-state index contributed by atoms with van der Waals surface area (Å²) >= 11 is 0. The van der Waals surface area contributed by atoms with Crippen molar-refractivity contribution in [2.45, 2.75) is 25.4 Å². The zero-order valence-electron chi connectivity index (χ0n) is 14.7. The highest BCUT2D eigenvalue weighted by Crippen LogP contribution is 2.30. The molecule has 0 aliphatic carbocycles. The Kier molecular flexibility index (Phi) is 5.68. The van der Waals surface area contributed by atoms with Crippen molar-refractivity contribution in [3.63, 3.8) is 0 Å². The summed E-state index contributed by atoms with van der Waals surface area (Å²) in [5, 5.41) is 2.77. The molecule has 2 heterocycles. The summed E-state index contributed by atoms with van der Waals surface area (Å²) in [4.78, 5) is 17.6. The number of pyridine rings is 1. The Balaban J connectivity index is 1.69. The van der Waals surface area contributed by atoms with E-state index in [1.165, 1.54) is 12.1 Å². The number of aromatic nitrogens is 1. The molecule has 0 atom stereocenters. The van der Waals surface area contributed by atoms with E-state index < -0.39 is 6.03 Å². The van der Waals surface area contributed by atoms with Gasteiger partial charge in [0.2, 0.25) is 0 Å². The normalized spacial score (nSPS) is 15.6. The third-order valence-electron chi connectivity index (χ3n) is 4.61. The lowest BCUT2D eigenvalue weighted by atomic mass is 10.0. The Hall–Kier alpha value is -2.67. The number of primary amides is 1. The number of amides is 2. The van der Waals surface area contributed by atoms with Crippen LogP contribution >= 0.6 is 0 Å². The third kappa shape index (κ3) is 4.49. The first kappa shape index (κ1) is 18.1. The number of nitrogens with two attached hydrogens (primary N) is 1. The van der Waals surface area contributed by atoms with Crippen molar-refractivity contribution < 1.29 is 13.9 Å². The molecule has 1 aliphatic heterocycles. The van der Waals surface area contributed by atoms with Crippen LogP contribution in [0.15, 0.2) is 36.7 Å². The highest BCUT2D eigenvalue weighted by molar-refractivity contribution is 5.72. The molecule has 0 unspecified atom stereocenters. The van der Waals surface area contributed by atoms with E-state index in [2.05, 4.69) is 15.2 Å². The van der Waals surface area contributed by atoms with Gasteiger partial charge in [-0.25, -0.2) is 9.18 Å². The van der Waals surface area contributed by atoms with Crippen LogP contribution in [0.4, 0.5) is 9.18 Å². The first-order valence-corrected chi connectivity index (χ1v) is 8.61. The smallest absolute Gasteiger partial charge is 0.312 e. The number of likely N-dealkylation sites (tertiary alicyclic amines) is 1. The number of nitrogens with zero attached hydrogens (tertiary/aromatic N) is 2. The maximum absolute atomic E-state index is 13.6. The fourth-order valence-electron chi connectivity index (χ4n) is 3.32. The van der Waals surface area contributed by atoms with E-state index >= 15 is 0 Å². The maximum Gasteiger partial charge on any atom is 0.312 e. The van der Waals surface area contributed by atoms with Gasteiger partial charge in [-0.3, -0.25) is 9.88 Å². The largest absolute Gasteiger partial charge is 0.496 e. The molecule has 0 bridgehead atoms. The van der Waals surface area contributed by atoms with Gasteiger partial charge in [0, 0.05) is 49.2 Å². The van der Waals surface area contributed by atoms with Crippen LogP contribution in [0.5, 0.6) is 5.75 Å². The number of benzene rings is 1. The highest BCUT2D eigenvalue weighted by Gasteiger charge is 2.20. The number of rotatable bonds is 5. The number of urea groups is 1. The zero-order chi connectivity index (χ0) is 18.5. The average Bonchev–Trinajstić information content (AvgIpc) is 2.63. The van der Waals surface area contributed by atoms with Crippen LogP contribution in [0.3, 0.4) is 0 Å². The van der Waals surface area contributed by atoms with Crippen molar-refractivity contribution in [2.75, 3.05) is 20.2 Å². The van der Waals surface area contributed by atoms with Crippen LogP contribution in [-0.2, 0) is 6.54 Å². The third-order valence-corrected chi connectivity index (χ3v) is 4.61. The molecule has 3 rings (SSSR count). The molecule has 138 valence electrons. The molecule has 2 amide bonds. The van der Waals surface area contributed by atoms with E-state index in [0.717, 1.165) is 43.6 Å². The first-order chi connectivity index (χ1) is 12.5. The van der Waals surface area contributed by atoms with E-state index in [0.29, 0.717) is 11.3 Å². The van der Waals surface area contributed by atoms with Gasteiger partial charge in [0.05, 0.1) is 7.11 Å². The minimum absolute atomic E-state index is 0.143. The first-order valence-electron chi connectivity index (χ1n) is 8.61. The van der Waals surface area contributed by atoms with Gasteiger partial charge in [0.25, 0.3) is 0 Å². The quantitative estimate of drug-likeness (QED) is 0.861. The molecule has 26 heavy (non-hydrogen) atoms. The van der Waals surface area contributed by atoms with Crippen LogP contribution < -0.4 is 15.8 Å². The molecule has 0 saturated carbocycles. The van der Waals surface area contributed by atoms with Crippen molar-refractivity contribution in [2.24, 2.45) is 5.73 Å².